The van der Waals surface area contributed by atoms with Crippen molar-refractivity contribution >= 4 is 117 Å². The summed E-state index contributed by atoms with van der Waals surface area (Å²) in [5, 5.41) is 33.6. The zero-order valence-electron chi connectivity index (χ0n) is 52.9. The lowest BCUT2D eigenvalue weighted by Gasteiger charge is -2.19. The number of hydrogen-bond donors (Lipinski definition) is 11. The van der Waals surface area contributed by atoms with Gasteiger partial charge in [-0.1, -0.05) is 180 Å². The molecule has 0 saturated heterocycles. The van der Waals surface area contributed by atoms with Crippen LogP contribution in [-0.4, -0.2) is 131 Å². The maximum atomic E-state index is 13.4. The number of nitrogens with two attached hydrogens (primary N) is 1. The van der Waals surface area contributed by atoms with Gasteiger partial charge < -0.3 is 68.2 Å². The van der Waals surface area contributed by atoms with Gasteiger partial charge in [0.1, 0.15) is 25.3 Å². The maximum absolute atomic E-state index is 13.4. The lowest BCUT2D eigenvalue weighted by molar-refractivity contribution is -0.148. The number of hydrogen-bond acceptors (Lipinski definition) is 13. The summed E-state index contributed by atoms with van der Waals surface area (Å²) >= 11 is 25.8. The lowest BCUT2D eigenvalue weighted by Crippen LogP contribution is -2.50. The first-order chi connectivity index (χ1) is 46.7. The molecule has 23 nitrogen and oxygen atoms in total. The van der Waals surface area contributed by atoms with Crippen molar-refractivity contribution in [2.75, 3.05) is 65.0 Å². The number of halogens is 4. The Kier molecular flexibility index (Phi) is 30.4. The number of amides is 5. The highest BCUT2D eigenvalue weighted by Crippen LogP contribution is 2.33. The van der Waals surface area contributed by atoms with Crippen molar-refractivity contribution < 1.29 is 52.9 Å². The van der Waals surface area contributed by atoms with Crippen molar-refractivity contribution in [3.05, 3.63) is 248 Å². The Morgan fingerprint density at radius 1 is 0.454 bits per heavy atom. The van der Waals surface area contributed by atoms with Crippen molar-refractivity contribution in [2.24, 2.45) is 15.7 Å². The van der Waals surface area contributed by atoms with Gasteiger partial charge in [-0.05, 0) is 94.0 Å². The van der Waals surface area contributed by atoms with Gasteiger partial charge in [-0.25, -0.2) is 14.4 Å². The van der Waals surface area contributed by atoms with Crippen LogP contribution in [0.15, 0.2) is 204 Å². The third kappa shape index (κ3) is 24.2. The number of esters is 2. The number of nitrogens with one attached hydrogen (secondary N) is 9. The van der Waals surface area contributed by atoms with Crippen molar-refractivity contribution in [1.29, 1.82) is 0 Å². The van der Waals surface area contributed by atoms with E-state index in [1.54, 1.807) is 131 Å². The van der Waals surface area contributed by atoms with Gasteiger partial charge in [-0.3, -0.25) is 34.0 Å². The van der Waals surface area contributed by atoms with Crippen LogP contribution in [0, 0.1) is 0 Å². The van der Waals surface area contributed by atoms with Gasteiger partial charge in [-0.2, -0.15) is 0 Å². The zero-order chi connectivity index (χ0) is 70.2. The van der Waals surface area contributed by atoms with Crippen molar-refractivity contribution in [2.45, 2.75) is 25.3 Å². The Balaban J connectivity index is 0.000000262. The molecule has 0 saturated carbocycles. The first kappa shape index (κ1) is 75.2. The van der Waals surface area contributed by atoms with E-state index in [0.29, 0.717) is 34.4 Å². The molecule has 504 valence electrons. The van der Waals surface area contributed by atoms with Crippen LogP contribution in [0.5, 0.6) is 0 Å². The number of aromatic carboxylic acids is 1. The minimum Gasteiger partial charge on any atom is -0.478 e. The molecule has 0 heterocycles. The molecular weight excluding hydrogens is 1330 g/mol. The lowest BCUT2D eigenvalue weighted by atomic mass is 10.0. The Bertz CT molecular complexity index is 4040. The van der Waals surface area contributed by atoms with E-state index in [0.717, 1.165) is 27.8 Å². The van der Waals surface area contributed by atoms with E-state index in [-0.39, 0.29) is 69.6 Å². The number of rotatable bonds is 23. The summed E-state index contributed by atoms with van der Waals surface area (Å²) in [4.78, 5) is 108. The molecule has 97 heavy (non-hydrogen) atoms. The number of carbonyl (C=O) groups excluding carboxylic acids is 7. The first-order valence-corrected chi connectivity index (χ1v) is 31.2. The second-order valence-corrected chi connectivity index (χ2v) is 22.1. The molecule has 8 aromatic carbocycles. The number of carbonyl (C=O) groups is 8. The molecular formula is C70H70Cl4N12O11. The average molecular weight is 1400 g/mol. The summed E-state index contributed by atoms with van der Waals surface area (Å²) < 4.78 is 10.8. The first-order valence-electron chi connectivity index (χ1n) is 29.6. The van der Waals surface area contributed by atoms with Crippen LogP contribution in [0.25, 0.3) is 22.3 Å². The molecule has 0 fully saturated rings. The second kappa shape index (κ2) is 39.1. The Morgan fingerprint density at radius 3 is 1.20 bits per heavy atom. The van der Waals surface area contributed by atoms with Crippen LogP contribution in [0.2, 0.25) is 20.1 Å². The van der Waals surface area contributed by atoms with Crippen molar-refractivity contribution in [3.8, 4) is 22.3 Å². The topological polar surface area (TPSA) is 334 Å². The Hall–Kier alpha value is -10.8. The number of guanidine groups is 2. The predicted octanol–water partition coefficient (Wildman–Crippen LogP) is 9.24. The van der Waals surface area contributed by atoms with Gasteiger partial charge in [0.15, 0.2) is 11.9 Å². The van der Waals surface area contributed by atoms with E-state index in [9.17, 15) is 38.4 Å². The van der Waals surface area contributed by atoms with Gasteiger partial charge in [0.25, 0.3) is 17.7 Å². The second-order valence-electron chi connectivity index (χ2n) is 20.5. The number of nitrogens with zero attached hydrogens (tertiary/aromatic N) is 2. The molecule has 8 rings (SSSR count). The molecule has 0 radical (unpaired) electrons. The summed E-state index contributed by atoms with van der Waals surface area (Å²) in [6.07, 6.45) is 0. The highest BCUT2D eigenvalue weighted by molar-refractivity contribution is 6.41. The van der Waals surface area contributed by atoms with Crippen molar-refractivity contribution in [1.82, 2.24) is 37.2 Å². The third-order valence-electron chi connectivity index (χ3n) is 13.7. The fraction of sp³-hybridized carbons (Fsp3) is 0.171. The number of benzene rings is 8. The minimum atomic E-state index is -1.31. The molecule has 0 aliphatic carbocycles. The number of anilines is 2. The van der Waals surface area contributed by atoms with Gasteiger partial charge in [0, 0.05) is 58.2 Å². The minimum absolute atomic E-state index is 0.00413. The number of carboxylic acids is 1. The molecule has 27 heteroatoms. The SMILES string of the molecule is CN=C(NC)Nc1cccc(C(=O)NCC(=O)NC[C@H](NC(=O)c2c(Cl)cc(-c3ccccc3)cc2Cl)C(=O)OCc2ccccc2)c1.CN=C(NC)Nc1cccc(C(=O)O)c1.NCC(=O)NC[C@H](NC(=O)c1c(Cl)cc(-c2ccccc2)cc1Cl)C(=O)OCc1ccccc1. The fourth-order valence-corrected chi connectivity index (χ4v) is 10.0. The highest BCUT2D eigenvalue weighted by atomic mass is 35.5. The van der Waals surface area contributed by atoms with Gasteiger partial charge in [0.05, 0.1) is 49.9 Å². The largest absolute Gasteiger partial charge is 0.478 e. The molecule has 0 bridgehead atoms. The van der Waals surface area contributed by atoms with Crippen LogP contribution < -0.4 is 53.6 Å². The van der Waals surface area contributed by atoms with Crippen molar-refractivity contribution in [3.63, 3.8) is 0 Å². The smallest absolute Gasteiger partial charge is 0.335 e. The molecule has 0 spiro atoms. The zero-order valence-corrected chi connectivity index (χ0v) is 55.9. The molecule has 0 aromatic heterocycles. The Labute approximate surface area is 579 Å². The van der Waals surface area contributed by atoms with E-state index in [4.69, 9.17) is 66.7 Å². The number of ether oxygens (including phenoxy) is 2. The fourth-order valence-electron chi connectivity index (χ4n) is 8.71. The summed E-state index contributed by atoms with van der Waals surface area (Å²) in [5.74, 6) is -4.41. The van der Waals surface area contributed by atoms with E-state index in [1.165, 1.54) is 6.07 Å². The van der Waals surface area contributed by atoms with Gasteiger partial charge in [0.2, 0.25) is 11.8 Å². The van der Waals surface area contributed by atoms with E-state index < -0.39 is 66.1 Å². The highest BCUT2D eigenvalue weighted by Gasteiger charge is 2.29. The van der Waals surface area contributed by atoms with Crippen LogP contribution in [0.3, 0.4) is 0 Å². The molecule has 0 unspecified atom stereocenters. The molecule has 8 aromatic rings. The number of aliphatic imine (C=N–C) groups is 2. The van der Waals surface area contributed by atoms with E-state index in [1.807, 2.05) is 84.9 Å². The quantitative estimate of drug-likeness (QED) is 0.0161. The standard InChI is InChI=1S/C35H34Cl2N6O5.C25H23Cl2N3O4.C10H13N3O2/c1-38-35(39-2)42-26-15-9-14-24(16-26)32(45)41-20-30(44)40-19-29(34(47)48-21-22-10-5-3-6-11-22)43-33(46)31-27(36)17-25(18-28(31)37)23-12-7-4-8-13-23;26-19-11-18(17-9-5-2-6-10-17)12-20(27)23(19)24(32)30-21(14-29-22(31)13-28)25(33)34-15-16-7-3-1-4-8-16;1-11-10(12-2)13-8-5-3-4-7(6-8)9(14)15/h3-18,29H,19-21H2,1-2H3,(H,40,44)(H,41,45)(H,43,46)(H2,38,39,42);1-12,21H,13-15,28H2,(H,29,31)(H,30,32);3-6H,1-2H3,(H,14,15)(H2,11,12,13)/t29-;21-;/m00./s1. The van der Waals surface area contributed by atoms with Crippen LogP contribution in [-0.2, 0) is 41.9 Å². The number of carboxylic acid groups (broad SMARTS) is 1. The molecule has 12 N–H and O–H groups in total. The van der Waals surface area contributed by atoms with Gasteiger partial charge >= 0.3 is 17.9 Å². The predicted molar refractivity (Wildman–Crippen MR) is 378 cm³/mol. The van der Waals surface area contributed by atoms with Crippen LogP contribution >= 0.6 is 46.4 Å². The summed E-state index contributed by atoms with van der Waals surface area (Å²) in [6.45, 7) is -1.27. The van der Waals surface area contributed by atoms with Crippen LogP contribution in [0.1, 0.15) is 52.6 Å². The summed E-state index contributed by atoms with van der Waals surface area (Å²) in [5.41, 5.74) is 11.8. The molecule has 0 aliphatic rings. The van der Waals surface area contributed by atoms with Gasteiger partial charge in [-0.15, -0.1) is 0 Å². The van der Waals surface area contributed by atoms with E-state index in [2.05, 4.69) is 57.8 Å². The van der Waals surface area contributed by atoms with E-state index >= 15 is 0 Å². The normalized spacial score (nSPS) is 11.4. The molecule has 2 atom stereocenters. The monoisotopic (exact) mass is 1390 g/mol. The summed E-state index contributed by atoms with van der Waals surface area (Å²) in [6, 6.07) is 53.9. The molecule has 5 amide bonds. The third-order valence-corrected chi connectivity index (χ3v) is 14.9. The molecule has 0 aliphatic heterocycles. The van der Waals surface area contributed by atoms with Crippen LogP contribution in [0.4, 0.5) is 11.4 Å². The Morgan fingerprint density at radius 2 is 0.825 bits per heavy atom. The summed E-state index contributed by atoms with van der Waals surface area (Å²) in [7, 11) is 6.69. The average Bonchev–Trinajstić information content (AvgIpc) is 0.851. The maximum Gasteiger partial charge on any atom is 0.335 e.